The number of hydrogen-bond donors (Lipinski definition) is 0. The number of benzene rings is 4. The van der Waals surface area contributed by atoms with Crippen molar-refractivity contribution in [1.82, 2.24) is 0 Å². The summed E-state index contributed by atoms with van der Waals surface area (Å²) in [5.41, 5.74) is 5.44. The molecule has 0 amide bonds. The Morgan fingerprint density at radius 3 is 1.13 bits per heavy atom. The quantitative estimate of drug-likeness (QED) is 0.150. The molecule has 4 aromatic rings. The molecule has 0 unspecified atom stereocenters. The summed E-state index contributed by atoms with van der Waals surface area (Å²) in [7, 11) is 0. The Labute approximate surface area is 337 Å². The Hall–Kier alpha value is -3.41. The number of ether oxygens (including phenoxy) is 2. The van der Waals surface area contributed by atoms with Gasteiger partial charge in [-0.15, -0.1) is 37.7 Å². The van der Waals surface area contributed by atoms with Crippen molar-refractivity contribution in [3.8, 4) is 0 Å². The molecule has 2 aliphatic rings. The molecule has 268 valence electrons. The minimum Gasteiger partial charge on any atom is -0.851 e. The van der Waals surface area contributed by atoms with Crippen LogP contribution in [0.25, 0.3) is 10.6 Å². The van der Waals surface area contributed by atoms with Crippen molar-refractivity contribution in [3.63, 3.8) is 0 Å². The van der Waals surface area contributed by atoms with Crippen molar-refractivity contribution in [1.29, 1.82) is 0 Å². The van der Waals surface area contributed by atoms with Crippen molar-refractivity contribution in [2.75, 3.05) is 26.3 Å². The molecule has 8 nitrogen and oxygen atoms in total. The second-order valence-electron chi connectivity index (χ2n) is 13.1. The van der Waals surface area contributed by atoms with Gasteiger partial charge in [0.05, 0.1) is 11.1 Å². The zero-order valence-electron chi connectivity index (χ0n) is 31.9. The van der Waals surface area contributed by atoms with Gasteiger partial charge in [0.15, 0.2) is 0 Å². The van der Waals surface area contributed by atoms with Crippen LogP contribution in [0.15, 0.2) is 119 Å². The van der Waals surface area contributed by atoms with Crippen molar-refractivity contribution in [2.45, 2.75) is 78.7 Å². The summed E-state index contributed by atoms with van der Waals surface area (Å²) in [6.45, 7) is 15.3. The van der Waals surface area contributed by atoms with Gasteiger partial charge in [-0.1, -0.05) is 147 Å². The molecule has 2 aliphatic heterocycles. The van der Waals surface area contributed by atoms with Crippen LogP contribution < -0.4 is 10.2 Å². The molecule has 0 aromatic heterocycles. The maximum Gasteiger partial charge on any atom is 2.00 e. The van der Waals surface area contributed by atoms with E-state index in [1.54, 1.807) is 0 Å². The van der Waals surface area contributed by atoms with Gasteiger partial charge >= 0.3 is 39.0 Å². The monoisotopic (exact) mass is 804 g/mol. The van der Waals surface area contributed by atoms with Crippen LogP contribution in [0.5, 0.6) is 0 Å². The second-order valence-corrected chi connectivity index (χ2v) is 13.1. The summed E-state index contributed by atoms with van der Waals surface area (Å²) in [4.78, 5) is 9.19. The van der Waals surface area contributed by atoms with Gasteiger partial charge in [-0.2, -0.15) is 0 Å². The van der Waals surface area contributed by atoms with E-state index in [4.69, 9.17) is 9.47 Å². The van der Waals surface area contributed by atoms with Gasteiger partial charge in [0, 0.05) is 11.1 Å². The Morgan fingerprint density at radius 1 is 0.538 bits per heavy atom. The zero-order valence-corrected chi connectivity index (χ0v) is 37.8. The average Bonchev–Trinajstić information content (AvgIpc) is 3.71. The second kappa shape index (κ2) is 24.8. The van der Waals surface area contributed by atoms with Crippen LogP contribution in [0.2, 0.25) is 0 Å². The molecule has 2 heterocycles. The van der Waals surface area contributed by atoms with E-state index in [1.165, 1.54) is 0 Å². The Morgan fingerprint density at radius 2 is 0.865 bits per heavy atom. The normalized spacial score (nSPS) is 14.2. The molecule has 10 heteroatoms. The molecule has 0 bridgehead atoms. The minimum absolute atomic E-state index is 0. The molecule has 52 heavy (non-hydrogen) atoms. The molecule has 0 aliphatic carbocycles. The third kappa shape index (κ3) is 16.5. The van der Waals surface area contributed by atoms with Gasteiger partial charge in [-0.3, -0.25) is 0 Å². The Kier molecular flexibility index (Phi) is 22.2. The van der Waals surface area contributed by atoms with Gasteiger partial charge in [0.25, 0.3) is 0 Å². The van der Waals surface area contributed by atoms with E-state index < -0.39 is 0 Å². The van der Waals surface area contributed by atoms with E-state index in [2.05, 4.69) is 62.2 Å². The summed E-state index contributed by atoms with van der Waals surface area (Å²) in [5, 5.41) is 29.4. The van der Waals surface area contributed by atoms with Crippen LogP contribution in [0.3, 0.4) is 0 Å². The standard InChI is InChI=1S/2C14H19N2O.2C7H7O.2Zn/c2*1-4-9-15-12-8-6-5-7-11(12)13-16-14(2,3)10-17-13;2*8-6-7-4-2-1-3-5-7;;/h2*5-8H,4,9-10H2,1-3H3;2*1-5H,6H2;;/q4*-1;2*+2. The van der Waals surface area contributed by atoms with Crippen molar-refractivity contribution in [3.05, 3.63) is 142 Å². The summed E-state index contributed by atoms with van der Waals surface area (Å²) >= 11 is 0. The summed E-state index contributed by atoms with van der Waals surface area (Å²) in [5.74, 6) is 1.45. The van der Waals surface area contributed by atoms with Gasteiger partial charge in [-0.05, 0) is 27.7 Å². The predicted octanol–water partition coefficient (Wildman–Crippen LogP) is 8.40. The molecule has 0 radical (unpaired) electrons. The van der Waals surface area contributed by atoms with E-state index in [1.807, 2.05) is 109 Å². The van der Waals surface area contributed by atoms with Crippen molar-refractivity contribution in [2.24, 2.45) is 9.98 Å². The Bertz CT molecular complexity index is 1500. The first-order chi connectivity index (χ1) is 24.1. The SMILES string of the molecule is CCC[N-]c1ccccc1C1=NC(C)(C)CO1.CCC[N-]c1ccccc1C1=NC(C)(C)CO1.[O-]Cc1ccccc1.[O-]Cc1ccccc1.[Zn+2].[Zn+2]. The first kappa shape index (κ1) is 46.6. The van der Waals surface area contributed by atoms with Gasteiger partial charge in [0.1, 0.15) is 13.2 Å². The first-order valence-electron chi connectivity index (χ1n) is 17.3. The fourth-order valence-corrected chi connectivity index (χ4v) is 4.64. The molecule has 0 fully saturated rings. The summed E-state index contributed by atoms with van der Waals surface area (Å²) in [6, 6.07) is 34.7. The average molecular weight is 808 g/mol. The topological polar surface area (TPSA) is 118 Å². The molecular weight excluding hydrogens is 755 g/mol. The first-order valence-corrected chi connectivity index (χ1v) is 17.3. The fraction of sp³-hybridized carbons (Fsp3) is 0.381. The molecule has 0 atom stereocenters. The van der Waals surface area contributed by atoms with Crippen molar-refractivity contribution >= 4 is 23.2 Å². The molecule has 6 rings (SSSR count). The van der Waals surface area contributed by atoms with E-state index in [0.717, 1.165) is 71.4 Å². The predicted molar refractivity (Wildman–Crippen MR) is 203 cm³/mol. The number of rotatable bonds is 10. The third-order valence-electron chi connectivity index (χ3n) is 7.23. The molecule has 0 saturated carbocycles. The number of para-hydroxylation sites is 2. The van der Waals surface area contributed by atoms with Crippen LogP contribution >= 0.6 is 0 Å². The van der Waals surface area contributed by atoms with Crippen LogP contribution in [0.1, 0.15) is 76.6 Å². The number of nitrogens with zero attached hydrogens (tertiary/aromatic N) is 4. The fourth-order valence-electron chi connectivity index (χ4n) is 4.64. The zero-order chi connectivity index (χ0) is 36.2. The smallest absolute Gasteiger partial charge is 0.851 e. The molecular formula is C42H52N4O4Zn2. The van der Waals surface area contributed by atoms with E-state index in [9.17, 15) is 10.2 Å². The molecule has 4 aromatic carbocycles. The molecule has 0 N–H and O–H groups in total. The van der Waals surface area contributed by atoms with Gasteiger partial charge in [-0.25, -0.2) is 9.98 Å². The van der Waals surface area contributed by atoms with Gasteiger partial charge in [0.2, 0.25) is 11.8 Å². The van der Waals surface area contributed by atoms with Crippen LogP contribution in [-0.2, 0) is 61.6 Å². The summed E-state index contributed by atoms with van der Waals surface area (Å²) < 4.78 is 11.3. The van der Waals surface area contributed by atoms with Crippen LogP contribution in [-0.4, -0.2) is 49.2 Å². The number of aliphatic imine (C=N–C) groups is 2. The Balaban J connectivity index is 0.000000362. The maximum absolute atomic E-state index is 10.1. The molecule has 0 spiro atoms. The van der Waals surface area contributed by atoms with Crippen molar-refractivity contribution < 1.29 is 58.6 Å². The van der Waals surface area contributed by atoms with E-state index in [0.29, 0.717) is 13.2 Å². The molecule has 0 saturated heterocycles. The minimum atomic E-state index is -0.118. The van der Waals surface area contributed by atoms with E-state index >= 15 is 0 Å². The van der Waals surface area contributed by atoms with E-state index in [-0.39, 0.29) is 63.2 Å². The van der Waals surface area contributed by atoms with Gasteiger partial charge < -0.3 is 30.3 Å². The van der Waals surface area contributed by atoms with Crippen LogP contribution in [0, 0.1) is 0 Å². The largest absolute Gasteiger partial charge is 2.00 e. The number of hydrogen-bond acceptors (Lipinski definition) is 6. The summed E-state index contributed by atoms with van der Waals surface area (Å²) in [6.07, 6.45) is 2.10. The third-order valence-corrected chi connectivity index (χ3v) is 7.23. The maximum atomic E-state index is 10.1. The van der Waals surface area contributed by atoms with Crippen LogP contribution in [0.4, 0.5) is 11.4 Å².